The predicted octanol–water partition coefficient (Wildman–Crippen LogP) is 14.1. The van der Waals surface area contributed by atoms with Crippen molar-refractivity contribution < 1.29 is 37.6 Å². The Bertz CT molecular complexity index is 1120. The molecule has 0 aromatic rings. The van der Waals surface area contributed by atoms with Gasteiger partial charge in [0.1, 0.15) is 6.61 Å². The smallest absolute Gasteiger partial charge is 0.462 e. The molecule has 10 heteroatoms. The zero-order chi connectivity index (χ0) is 43.3. The van der Waals surface area contributed by atoms with Gasteiger partial charge in [-0.05, 0) is 71.9 Å². The van der Waals surface area contributed by atoms with E-state index in [1.54, 1.807) is 0 Å². The molecule has 0 aliphatic carbocycles. The molecule has 0 amide bonds. The van der Waals surface area contributed by atoms with Crippen LogP contribution in [-0.2, 0) is 32.7 Å². The number of rotatable bonds is 44. The van der Waals surface area contributed by atoms with Crippen molar-refractivity contribution in [2.75, 3.05) is 40.5 Å². The van der Waals surface area contributed by atoms with Gasteiger partial charge < -0.3 is 19.3 Å². The Balaban J connectivity index is 4.29. The second-order valence-corrected chi connectivity index (χ2v) is 17.7. The van der Waals surface area contributed by atoms with Crippen molar-refractivity contribution in [3.05, 3.63) is 48.6 Å². The van der Waals surface area contributed by atoms with E-state index in [0.29, 0.717) is 13.0 Å². The third-order valence-electron chi connectivity index (χ3n) is 10.1. The van der Waals surface area contributed by atoms with Crippen LogP contribution in [0.25, 0.3) is 0 Å². The summed E-state index contributed by atoms with van der Waals surface area (Å²) >= 11 is 0. The molecule has 0 radical (unpaired) electrons. The number of unbranched alkanes of at least 4 members (excludes halogenated alkanes) is 22. The topological polar surface area (TPSA) is 112 Å². The molecule has 0 bridgehead atoms. The molecule has 0 spiro atoms. The van der Waals surface area contributed by atoms with Gasteiger partial charge in [0.2, 0.25) is 0 Å². The second kappa shape index (κ2) is 44.0. The highest BCUT2D eigenvalue weighted by atomic mass is 31.2. The monoisotopic (exact) mass is 852 g/mol. The van der Waals surface area contributed by atoms with Crippen LogP contribution in [0.3, 0.4) is 0 Å². The predicted molar refractivity (Wildman–Crippen MR) is 248 cm³/mol. The van der Waals surface area contributed by atoms with E-state index in [1.807, 2.05) is 19.0 Å². The Morgan fingerprint density at radius 2 is 0.915 bits per heavy atom. The van der Waals surface area contributed by atoms with Crippen molar-refractivity contribution in [3.8, 4) is 0 Å². The van der Waals surface area contributed by atoms with Gasteiger partial charge in [0.05, 0.1) is 13.2 Å². The molecule has 9 nitrogen and oxygen atoms in total. The fourth-order valence-corrected chi connectivity index (χ4v) is 7.18. The van der Waals surface area contributed by atoms with Crippen molar-refractivity contribution in [2.24, 2.45) is 0 Å². The molecule has 0 aliphatic rings. The van der Waals surface area contributed by atoms with Crippen LogP contribution in [0.1, 0.15) is 206 Å². The van der Waals surface area contributed by atoms with Gasteiger partial charge in [0.15, 0.2) is 6.10 Å². The quantitative estimate of drug-likeness (QED) is 0.0277. The maximum atomic E-state index is 12.7. The highest BCUT2D eigenvalue weighted by Gasteiger charge is 2.26. The van der Waals surface area contributed by atoms with E-state index < -0.39 is 26.5 Å². The molecule has 59 heavy (non-hydrogen) atoms. The number of nitrogens with zero attached hydrogens (tertiary/aromatic N) is 1. The van der Waals surface area contributed by atoms with E-state index in [-0.39, 0.29) is 32.0 Å². The molecule has 0 aromatic carbocycles. The summed E-state index contributed by atoms with van der Waals surface area (Å²) in [4.78, 5) is 37.1. The molecule has 344 valence electrons. The summed E-state index contributed by atoms with van der Waals surface area (Å²) < 4.78 is 33.5. The fraction of sp³-hybridized carbons (Fsp3) is 0.796. The standard InChI is InChI=1S/C49H90NO8P/c1-5-7-9-11-13-15-17-19-21-23-24-26-28-30-32-34-36-38-40-42-49(52)58-47(46-57-59(53,54)56-44-43-50(3)4)45-55-48(51)41-39-37-35-33-31-29-27-25-22-20-18-16-14-12-10-8-6-2/h13,15,19,21,24,26,30,32,47H,5-12,14,16-18,20,22-23,25,27-29,31,33-46H2,1-4H3,(H,53,54)/b15-13-,21-19-,26-24-,32-30-. The average Bonchev–Trinajstić information content (AvgIpc) is 3.20. The molecule has 2 atom stereocenters. The van der Waals surface area contributed by atoms with Crippen LogP contribution in [-0.4, -0.2) is 68.3 Å². The summed E-state index contributed by atoms with van der Waals surface area (Å²) in [6, 6.07) is 0. The van der Waals surface area contributed by atoms with Gasteiger partial charge in [0.25, 0.3) is 0 Å². The SMILES string of the molecule is CCCCC/C=C\C/C=C\C/C=C\C/C=C\CCCCCC(=O)OC(COC(=O)CCCCCCCCCCCCCCCCCCC)COP(=O)(O)OCCN(C)C. The Kier molecular flexibility index (Phi) is 42.5. The van der Waals surface area contributed by atoms with Gasteiger partial charge in [-0.1, -0.05) is 184 Å². The molecular weight excluding hydrogens is 762 g/mol. The van der Waals surface area contributed by atoms with E-state index >= 15 is 0 Å². The Hall–Kier alpha value is -2.03. The first-order chi connectivity index (χ1) is 28.7. The number of phosphoric acid groups is 1. The Morgan fingerprint density at radius 3 is 1.39 bits per heavy atom. The molecule has 2 unspecified atom stereocenters. The van der Waals surface area contributed by atoms with E-state index in [4.69, 9.17) is 18.5 Å². The maximum Gasteiger partial charge on any atom is 0.472 e. The molecular formula is C49H90NO8P. The summed E-state index contributed by atoms with van der Waals surface area (Å²) in [5.74, 6) is -0.833. The first-order valence-electron chi connectivity index (χ1n) is 23.9. The van der Waals surface area contributed by atoms with Gasteiger partial charge in [-0.15, -0.1) is 0 Å². The van der Waals surface area contributed by atoms with Crippen LogP contribution in [0, 0.1) is 0 Å². The van der Waals surface area contributed by atoms with Gasteiger partial charge in [-0.3, -0.25) is 18.6 Å². The lowest BCUT2D eigenvalue weighted by Crippen LogP contribution is -2.29. The third-order valence-corrected chi connectivity index (χ3v) is 11.1. The van der Waals surface area contributed by atoms with Crippen molar-refractivity contribution in [3.63, 3.8) is 0 Å². The zero-order valence-electron chi connectivity index (χ0n) is 38.4. The molecule has 1 N–H and O–H groups in total. The first-order valence-corrected chi connectivity index (χ1v) is 25.4. The van der Waals surface area contributed by atoms with Crippen molar-refractivity contribution in [1.82, 2.24) is 4.90 Å². The number of esters is 2. The number of allylic oxidation sites excluding steroid dienone is 8. The largest absolute Gasteiger partial charge is 0.472 e. The van der Waals surface area contributed by atoms with Gasteiger partial charge in [-0.2, -0.15) is 0 Å². The normalized spacial score (nSPS) is 13.7. The minimum Gasteiger partial charge on any atom is -0.462 e. The van der Waals surface area contributed by atoms with E-state index in [9.17, 15) is 19.0 Å². The summed E-state index contributed by atoms with van der Waals surface area (Å²) in [6.45, 7) is 4.28. The highest BCUT2D eigenvalue weighted by molar-refractivity contribution is 7.47. The number of phosphoric ester groups is 1. The first kappa shape index (κ1) is 57.0. The summed E-state index contributed by atoms with van der Waals surface area (Å²) in [6.07, 6.45) is 50.1. The minimum atomic E-state index is -4.37. The van der Waals surface area contributed by atoms with Gasteiger partial charge >= 0.3 is 19.8 Å². The van der Waals surface area contributed by atoms with Crippen LogP contribution in [0.4, 0.5) is 0 Å². The number of carbonyl (C=O) groups is 2. The zero-order valence-corrected chi connectivity index (χ0v) is 39.3. The van der Waals surface area contributed by atoms with Crippen molar-refractivity contribution in [2.45, 2.75) is 213 Å². The van der Waals surface area contributed by atoms with Crippen LogP contribution < -0.4 is 0 Å². The molecule has 0 aromatic heterocycles. The third kappa shape index (κ3) is 45.3. The number of hydrogen-bond acceptors (Lipinski definition) is 8. The van der Waals surface area contributed by atoms with Crippen molar-refractivity contribution in [1.29, 1.82) is 0 Å². The number of carbonyl (C=O) groups excluding carboxylic acids is 2. The molecule has 0 aliphatic heterocycles. The van der Waals surface area contributed by atoms with Gasteiger partial charge in [0, 0.05) is 19.4 Å². The molecule has 0 rings (SSSR count). The molecule has 0 heterocycles. The van der Waals surface area contributed by atoms with E-state index in [0.717, 1.165) is 57.8 Å². The van der Waals surface area contributed by atoms with Gasteiger partial charge in [-0.25, -0.2) is 4.57 Å². The minimum absolute atomic E-state index is 0.000629. The Labute approximate surface area is 362 Å². The van der Waals surface area contributed by atoms with Crippen molar-refractivity contribution >= 4 is 19.8 Å². The fourth-order valence-electron chi connectivity index (χ4n) is 6.44. The van der Waals surface area contributed by atoms with E-state index in [2.05, 4.69) is 62.5 Å². The molecule has 0 saturated heterocycles. The van der Waals surface area contributed by atoms with Crippen LogP contribution in [0.15, 0.2) is 48.6 Å². The summed E-state index contributed by atoms with van der Waals surface area (Å²) in [7, 11) is -0.729. The number of hydrogen-bond donors (Lipinski definition) is 1. The second-order valence-electron chi connectivity index (χ2n) is 16.3. The van der Waals surface area contributed by atoms with Crippen LogP contribution >= 0.6 is 7.82 Å². The molecule has 0 fully saturated rings. The summed E-state index contributed by atoms with van der Waals surface area (Å²) in [5, 5.41) is 0. The lowest BCUT2D eigenvalue weighted by Gasteiger charge is -2.20. The summed E-state index contributed by atoms with van der Waals surface area (Å²) in [5.41, 5.74) is 0. The maximum absolute atomic E-state index is 12.7. The number of ether oxygens (including phenoxy) is 2. The average molecular weight is 852 g/mol. The Morgan fingerprint density at radius 1 is 0.525 bits per heavy atom. The number of likely N-dealkylation sites (N-methyl/N-ethyl adjacent to an activating group) is 1. The molecule has 0 saturated carbocycles. The van der Waals surface area contributed by atoms with Crippen LogP contribution in [0.2, 0.25) is 0 Å². The highest BCUT2D eigenvalue weighted by Crippen LogP contribution is 2.43. The lowest BCUT2D eigenvalue weighted by atomic mass is 10.0. The lowest BCUT2D eigenvalue weighted by molar-refractivity contribution is -0.161. The van der Waals surface area contributed by atoms with Crippen LogP contribution in [0.5, 0.6) is 0 Å². The van der Waals surface area contributed by atoms with E-state index in [1.165, 1.54) is 116 Å².